The molecule has 0 saturated carbocycles. The molecule has 0 rings (SSSR count). The first-order chi connectivity index (χ1) is 8.40. The fourth-order valence-corrected chi connectivity index (χ4v) is 0.958. The molecule has 0 aromatic rings. The van der Waals surface area contributed by atoms with Gasteiger partial charge in [-0.2, -0.15) is 0 Å². The van der Waals surface area contributed by atoms with E-state index in [-0.39, 0.29) is 18.5 Å². The highest BCUT2D eigenvalue weighted by Crippen LogP contribution is 2.20. The van der Waals surface area contributed by atoms with Crippen LogP contribution >= 0.6 is 0 Å². The molecule has 5 nitrogen and oxygen atoms in total. The molecule has 0 aliphatic heterocycles. The Morgan fingerprint density at radius 2 is 1.61 bits per heavy atom. The average Bonchev–Trinajstić information content (AvgIpc) is 2.27. The highest BCUT2D eigenvalue weighted by atomic mass is 16.6. The fraction of sp³-hybridized carbons (Fsp3) is 0.923. The number of rotatable bonds is 10. The van der Waals surface area contributed by atoms with Gasteiger partial charge >= 0.3 is 5.97 Å². The van der Waals surface area contributed by atoms with Gasteiger partial charge in [-0.1, -0.05) is 13.8 Å². The quantitative estimate of drug-likeness (QED) is 0.442. The molecule has 0 radical (unpaired) electrons. The van der Waals surface area contributed by atoms with Crippen molar-refractivity contribution in [3.8, 4) is 0 Å². The topological polar surface area (TPSA) is 54.0 Å². The van der Waals surface area contributed by atoms with Crippen molar-refractivity contribution in [3.63, 3.8) is 0 Å². The van der Waals surface area contributed by atoms with Gasteiger partial charge in [0.15, 0.2) is 0 Å². The van der Waals surface area contributed by atoms with E-state index in [1.54, 1.807) is 7.11 Å². The second kappa shape index (κ2) is 9.30. The van der Waals surface area contributed by atoms with Gasteiger partial charge < -0.3 is 18.9 Å². The maximum absolute atomic E-state index is 11.5. The predicted octanol–water partition coefficient (Wildman–Crippen LogP) is 1.64. The van der Waals surface area contributed by atoms with E-state index in [0.29, 0.717) is 26.4 Å². The minimum Gasteiger partial charge on any atom is -0.458 e. The molecule has 0 amide bonds. The molecule has 0 aliphatic rings. The van der Waals surface area contributed by atoms with Gasteiger partial charge in [0.25, 0.3) is 0 Å². The SMILES string of the molecule is COCCOCCOCC(=O)OC(C)(C)C(C)C. The van der Waals surface area contributed by atoms with E-state index in [4.69, 9.17) is 18.9 Å². The summed E-state index contributed by atoms with van der Waals surface area (Å²) in [5, 5.41) is 0. The minimum atomic E-state index is -0.463. The van der Waals surface area contributed by atoms with E-state index >= 15 is 0 Å². The molecule has 0 aromatic heterocycles. The van der Waals surface area contributed by atoms with Crippen molar-refractivity contribution in [3.05, 3.63) is 0 Å². The van der Waals surface area contributed by atoms with Crippen molar-refractivity contribution >= 4 is 5.97 Å². The first kappa shape index (κ1) is 17.4. The van der Waals surface area contributed by atoms with Gasteiger partial charge in [-0.25, -0.2) is 4.79 Å². The summed E-state index contributed by atoms with van der Waals surface area (Å²) < 4.78 is 20.5. The Bertz CT molecular complexity index is 225. The second-order valence-electron chi connectivity index (χ2n) is 4.89. The van der Waals surface area contributed by atoms with Crippen LogP contribution in [0.5, 0.6) is 0 Å². The van der Waals surface area contributed by atoms with Gasteiger partial charge in [-0.15, -0.1) is 0 Å². The van der Waals surface area contributed by atoms with Crippen molar-refractivity contribution in [2.75, 3.05) is 40.1 Å². The van der Waals surface area contributed by atoms with Crippen molar-refractivity contribution in [2.24, 2.45) is 5.92 Å². The Morgan fingerprint density at radius 1 is 1.06 bits per heavy atom. The fourth-order valence-electron chi connectivity index (χ4n) is 0.958. The van der Waals surface area contributed by atoms with Crippen LogP contribution < -0.4 is 0 Å². The molecule has 0 N–H and O–H groups in total. The highest BCUT2D eigenvalue weighted by Gasteiger charge is 2.26. The third kappa shape index (κ3) is 8.44. The van der Waals surface area contributed by atoms with Gasteiger partial charge in [0, 0.05) is 7.11 Å². The molecule has 18 heavy (non-hydrogen) atoms. The molecule has 0 saturated heterocycles. The van der Waals surface area contributed by atoms with Gasteiger partial charge in [0.1, 0.15) is 12.2 Å². The first-order valence-corrected chi connectivity index (χ1v) is 6.26. The number of carbonyl (C=O) groups is 1. The summed E-state index contributed by atoms with van der Waals surface area (Å²) in [6.07, 6.45) is 0. The molecular weight excluding hydrogens is 236 g/mol. The summed E-state index contributed by atoms with van der Waals surface area (Å²) in [5.74, 6) is -0.0792. The lowest BCUT2D eigenvalue weighted by Crippen LogP contribution is -2.35. The van der Waals surface area contributed by atoms with Crippen LogP contribution in [0, 0.1) is 5.92 Å². The molecule has 0 fully saturated rings. The number of hydrogen-bond acceptors (Lipinski definition) is 5. The Balaban J connectivity index is 3.54. The van der Waals surface area contributed by atoms with E-state index < -0.39 is 5.60 Å². The largest absolute Gasteiger partial charge is 0.458 e. The Kier molecular flexibility index (Phi) is 8.97. The summed E-state index contributed by atoms with van der Waals surface area (Å²) in [5.41, 5.74) is -0.463. The highest BCUT2D eigenvalue weighted by molar-refractivity contribution is 5.71. The van der Waals surface area contributed by atoms with Crippen LogP contribution in [0.4, 0.5) is 0 Å². The van der Waals surface area contributed by atoms with Crippen molar-refractivity contribution in [2.45, 2.75) is 33.3 Å². The minimum absolute atomic E-state index is 0.0379. The van der Waals surface area contributed by atoms with Crippen LogP contribution in [-0.4, -0.2) is 51.7 Å². The molecule has 108 valence electrons. The van der Waals surface area contributed by atoms with Crippen LogP contribution in [-0.2, 0) is 23.7 Å². The van der Waals surface area contributed by atoms with Crippen molar-refractivity contribution < 1.29 is 23.7 Å². The predicted molar refractivity (Wildman–Crippen MR) is 68.5 cm³/mol. The van der Waals surface area contributed by atoms with Gasteiger partial charge in [-0.05, 0) is 19.8 Å². The first-order valence-electron chi connectivity index (χ1n) is 6.26. The summed E-state index contributed by atoms with van der Waals surface area (Å²) in [6, 6.07) is 0. The van der Waals surface area contributed by atoms with Crippen molar-refractivity contribution in [1.29, 1.82) is 0 Å². The molecule has 5 heteroatoms. The summed E-state index contributed by atoms with van der Waals surface area (Å²) >= 11 is 0. The van der Waals surface area contributed by atoms with Crippen LogP contribution in [0.3, 0.4) is 0 Å². The number of esters is 1. The van der Waals surface area contributed by atoms with E-state index in [1.807, 2.05) is 27.7 Å². The van der Waals surface area contributed by atoms with E-state index in [2.05, 4.69) is 0 Å². The Morgan fingerprint density at radius 3 is 2.17 bits per heavy atom. The summed E-state index contributed by atoms with van der Waals surface area (Å²) in [6.45, 7) is 9.69. The van der Waals surface area contributed by atoms with Crippen LogP contribution in [0.25, 0.3) is 0 Å². The molecule has 0 atom stereocenters. The second-order valence-corrected chi connectivity index (χ2v) is 4.89. The lowest BCUT2D eigenvalue weighted by Gasteiger charge is -2.29. The zero-order chi connectivity index (χ0) is 14.0. The molecule has 0 heterocycles. The molecular formula is C13H26O5. The van der Waals surface area contributed by atoms with E-state index in [0.717, 1.165) is 0 Å². The van der Waals surface area contributed by atoms with Crippen LogP contribution in [0.2, 0.25) is 0 Å². The monoisotopic (exact) mass is 262 g/mol. The van der Waals surface area contributed by atoms with Crippen LogP contribution in [0.1, 0.15) is 27.7 Å². The number of hydrogen-bond donors (Lipinski definition) is 0. The standard InChI is InChI=1S/C13H26O5/c1-11(2)13(3,4)18-12(14)10-17-9-8-16-7-6-15-5/h11H,6-10H2,1-5H3. The Labute approximate surface area is 110 Å². The lowest BCUT2D eigenvalue weighted by molar-refractivity contribution is -0.166. The normalized spacial score (nSPS) is 11.9. The van der Waals surface area contributed by atoms with E-state index in [9.17, 15) is 4.79 Å². The smallest absolute Gasteiger partial charge is 0.332 e. The number of ether oxygens (including phenoxy) is 4. The zero-order valence-electron chi connectivity index (χ0n) is 12.2. The molecule has 0 aliphatic carbocycles. The van der Waals surface area contributed by atoms with Crippen LogP contribution in [0.15, 0.2) is 0 Å². The summed E-state index contributed by atoms with van der Waals surface area (Å²) in [4.78, 5) is 11.5. The summed E-state index contributed by atoms with van der Waals surface area (Å²) in [7, 11) is 1.62. The van der Waals surface area contributed by atoms with Crippen molar-refractivity contribution in [1.82, 2.24) is 0 Å². The number of carbonyl (C=O) groups excluding carboxylic acids is 1. The third-order valence-corrected chi connectivity index (χ3v) is 2.79. The lowest BCUT2D eigenvalue weighted by atomic mass is 9.95. The molecule has 0 aromatic carbocycles. The van der Waals surface area contributed by atoms with E-state index in [1.165, 1.54) is 0 Å². The molecule has 0 spiro atoms. The third-order valence-electron chi connectivity index (χ3n) is 2.79. The van der Waals surface area contributed by atoms with Gasteiger partial charge in [0.05, 0.1) is 26.4 Å². The van der Waals surface area contributed by atoms with Gasteiger partial charge in [0.2, 0.25) is 0 Å². The van der Waals surface area contributed by atoms with Gasteiger partial charge in [-0.3, -0.25) is 0 Å². The average molecular weight is 262 g/mol. The maximum Gasteiger partial charge on any atom is 0.332 e. The zero-order valence-corrected chi connectivity index (χ0v) is 12.2. The molecule has 0 unspecified atom stereocenters. The maximum atomic E-state index is 11.5. The Hall–Kier alpha value is -0.650. The number of methoxy groups -OCH3 is 1. The molecule has 0 bridgehead atoms.